The smallest absolute Gasteiger partial charge is 0.386 e. The zero-order valence-corrected chi connectivity index (χ0v) is 5.91. The molecule has 0 bridgehead atoms. The van der Waals surface area contributed by atoms with Crippen LogP contribution in [-0.4, -0.2) is 33.7 Å². The van der Waals surface area contributed by atoms with Crippen molar-refractivity contribution in [3.05, 3.63) is 0 Å². The van der Waals surface area contributed by atoms with Crippen molar-refractivity contribution < 1.29 is 14.0 Å². The molecular formula is C5H12BNO3. The summed E-state index contributed by atoms with van der Waals surface area (Å²) in [6.07, 6.45) is 0.947. The molecule has 58 valence electrons. The maximum Gasteiger partial charge on any atom is 0.639 e. The van der Waals surface area contributed by atoms with E-state index in [2.05, 4.69) is 0 Å². The van der Waals surface area contributed by atoms with Gasteiger partial charge in [-0.1, -0.05) is 0 Å². The van der Waals surface area contributed by atoms with Crippen LogP contribution in [0.4, 0.5) is 0 Å². The largest absolute Gasteiger partial charge is 0.639 e. The first-order valence-electron chi connectivity index (χ1n) is 3.48. The highest BCUT2D eigenvalue weighted by Gasteiger charge is 2.23. The molecule has 1 heterocycles. The fraction of sp³-hybridized carbons (Fsp3) is 1.00. The first-order valence-corrected chi connectivity index (χ1v) is 3.48. The normalized spacial score (nSPS) is 19.5. The number of hydrogen-bond donors (Lipinski definition) is 1. The van der Waals surface area contributed by atoms with Crippen molar-refractivity contribution in [1.29, 1.82) is 0 Å². The van der Waals surface area contributed by atoms with E-state index in [9.17, 15) is 0 Å². The van der Waals surface area contributed by atoms with Gasteiger partial charge in [-0.2, -0.15) is 0 Å². The zero-order valence-electron chi connectivity index (χ0n) is 5.91. The predicted octanol–water partition coefficient (Wildman–Crippen LogP) is -0.617. The van der Waals surface area contributed by atoms with Gasteiger partial charge in [-0.3, -0.25) is 0 Å². The summed E-state index contributed by atoms with van der Waals surface area (Å²) in [5.74, 6) is 0. The summed E-state index contributed by atoms with van der Waals surface area (Å²) in [4.78, 5) is 0. The van der Waals surface area contributed by atoms with E-state index in [4.69, 9.17) is 19.7 Å². The molecule has 0 aromatic carbocycles. The third-order valence-electron chi connectivity index (χ3n) is 1.17. The minimum absolute atomic E-state index is 0.475. The molecule has 0 unspecified atom stereocenters. The minimum atomic E-state index is -0.475. The van der Waals surface area contributed by atoms with E-state index < -0.39 is 7.32 Å². The van der Waals surface area contributed by atoms with Gasteiger partial charge in [0, 0.05) is 26.4 Å². The maximum atomic E-state index is 5.21. The average molecular weight is 145 g/mol. The van der Waals surface area contributed by atoms with Gasteiger partial charge >= 0.3 is 7.32 Å². The summed E-state index contributed by atoms with van der Waals surface area (Å²) < 4.78 is 15.2. The molecule has 0 radical (unpaired) electrons. The monoisotopic (exact) mass is 145 g/mol. The van der Waals surface area contributed by atoms with E-state index in [1.165, 1.54) is 0 Å². The Balaban J connectivity index is 2.02. The van der Waals surface area contributed by atoms with Gasteiger partial charge < -0.3 is 19.7 Å². The molecule has 0 saturated carbocycles. The van der Waals surface area contributed by atoms with Gasteiger partial charge in [-0.05, 0) is 6.42 Å². The molecule has 1 saturated heterocycles. The molecule has 0 aliphatic carbocycles. The molecule has 2 N–H and O–H groups in total. The number of nitrogens with two attached hydrogens (primary N) is 1. The summed E-state index contributed by atoms with van der Waals surface area (Å²) >= 11 is 0. The lowest BCUT2D eigenvalue weighted by Crippen LogP contribution is -2.34. The van der Waals surface area contributed by atoms with Crippen molar-refractivity contribution >= 4 is 7.32 Å². The number of hydrogen-bond acceptors (Lipinski definition) is 4. The van der Waals surface area contributed by atoms with Gasteiger partial charge in [0.1, 0.15) is 0 Å². The fourth-order valence-corrected chi connectivity index (χ4v) is 0.727. The van der Waals surface area contributed by atoms with E-state index >= 15 is 0 Å². The Morgan fingerprint density at radius 1 is 1.40 bits per heavy atom. The molecular weight excluding hydrogens is 133 g/mol. The highest BCUT2D eigenvalue weighted by molar-refractivity contribution is 6.36. The second-order valence-corrected chi connectivity index (χ2v) is 2.04. The van der Waals surface area contributed by atoms with E-state index in [1.54, 1.807) is 0 Å². The SMILES string of the molecule is NCCOB1OCCCO1. The van der Waals surface area contributed by atoms with E-state index in [0.717, 1.165) is 19.6 Å². The van der Waals surface area contributed by atoms with Crippen LogP contribution in [0, 0.1) is 0 Å². The molecule has 10 heavy (non-hydrogen) atoms. The molecule has 0 aromatic rings. The van der Waals surface area contributed by atoms with Crippen LogP contribution in [0.25, 0.3) is 0 Å². The van der Waals surface area contributed by atoms with Gasteiger partial charge in [0.15, 0.2) is 0 Å². The standard InChI is InChI=1S/C5H12BNO3/c7-2-5-10-6-8-3-1-4-9-6/h1-5,7H2. The Labute approximate surface area is 60.8 Å². The quantitative estimate of drug-likeness (QED) is 0.538. The van der Waals surface area contributed by atoms with Crippen LogP contribution in [0.1, 0.15) is 6.42 Å². The summed E-state index contributed by atoms with van der Waals surface area (Å²) in [7, 11) is -0.475. The molecule has 0 aromatic heterocycles. The van der Waals surface area contributed by atoms with Gasteiger partial charge in [0.05, 0.1) is 0 Å². The summed E-state index contributed by atoms with van der Waals surface area (Å²) in [6.45, 7) is 2.43. The van der Waals surface area contributed by atoms with Gasteiger partial charge in [0.2, 0.25) is 0 Å². The lowest BCUT2D eigenvalue weighted by molar-refractivity contribution is 0.0549. The Morgan fingerprint density at radius 2 is 2.10 bits per heavy atom. The highest BCUT2D eigenvalue weighted by atomic mass is 16.7. The van der Waals surface area contributed by atoms with E-state index in [0.29, 0.717) is 13.2 Å². The molecule has 0 spiro atoms. The van der Waals surface area contributed by atoms with Gasteiger partial charge in [0.25, 0.3) is 0 Å². The van der Waals surface area contributed by atoms with Gasteiger partial charge in [-0.25, -0.2) is 0 Å². The lowest BCUT2D eigenvalue weighted by Gasteiger charge is -2.18. The Hall–Kier alpha value is -0.0951. The Morgan fingerprint density at radius 3 is 2.70 bits per heavy atom. The molecule has 1 fully saturated rings. The third-order valence-corrected chi connectivity index (χ3v) is 1.17. The van der Waals surface area contributed by atoms with Crippen molar-refractivity contribution in [2.75, 3.05) is 26.4 Å². The Kier molecular flexibility index (Phi) is 3.75. The molecule has 1 aliphatic heterocycles. The third kappa shape index (κ3) is 2.66. The first kappa shape index (κ1) is 8.01. The van der Waals surface area contributed by atoms with Crippen molar-refractivity contribution in [3.63, 3.8) is 0 Å². The average Bonchev–Trinajstić information content (AvgIpc) is 2.03. The van der Waals surface area contributed by atoms with Crippen LogP contribution in [0.2, 0.25) is 0 Å². The van der Waals surface area contributed by atoms with Crippen LogP contribution in [0.5, 0.6) is 0 Å². The second kappa shape index (κ2) is 4.68. The summed E-state index contributed by atoms with van der Waals surface area (Å²) in [5, 5.41) is 0. The summed E-state index contributed by atoms with van der Waals surface area (Å²) in [6, 6.07) is 0. The molecule has 1 aliphatic rings. The van der Waals surface area contributed by atoms with Crippen molar-refractivity contribution in [1.82, 2.24) is 0 Å². The Bertz CT molecular complexity index is 87.0. The van der Waals surface area contributed by atoms with E-state index in [-0.39, 0.29) is 0 Å². The van der Waals surface area contributed by atoms with Crippen LogP contribution >= 0.6 is 0 Å². The van der Waals surface area contributed by atoms with Gasteiger partial charge in [-0.15, -0.1) is 0 Å². The lowest BCUT2D eigenvalue weighted by atomic mass is 10.2. The van der Waals surface area contributed by atoms with Crippen molar-refractivity contribution in [2.45, 2.75) is 6.42 Å². The van der Waals surface area contributed by atoms with Crippen molar-refractivity contribution in [2.24, 2.45) is 5.73 Å². The van der Waals surface area contributed by atoms with Crippen LogP contribution in [-0.2, 0) is 14.0 Å². The van der Waals surface area contributed by atoms with Crippen LogP contribution in [0.15, 0.2) is 0 Å². The molecule has 4 nitrogen and oxygen atoms in total. The van der Waals surface area contributed by atoms with Crippen molar-refractivity contribution in [3.8, 4) is 0 Å². The molecule has 5 heteroatoms. The topological polar surface area (TPSA) is 53.7 Å². The first-order chi connectivity index (χ1) is 4.93. The number of rotatable bonds is 3. The minimum Gasteiger partial charge on any atom is -0.386 e. The van der Waals surface area contributed by atoms with E-state index in [1.807, 2.05) is 0 Å². The fourth-order valence-electron chi connectivity index (χ4n) is 0.727. The highest BCUT2D eigenvalue weighted by Crippen LogP contribution is 2.00. The second-order valence-electron chi connectivity index (χ2n) is 2.04. The van der Waals surface area contributed by atoms with Crippen LogP contribution in [0.3, 0.4) is 0 Å². The maximum absolute atomic E-state index is 5.21. The van der Waals surface area contributed by atoms with Crippen LogP contribution < -0.4 is 5.73 Å². The molecule has 0 atom stereocenters. The molecule has 0 amide bonds. The predicted molar refractivity (Wildman–Crippen MR) is 37.3 cm³/mol. The zero-order chi connectivity index (χ0) is 7.23. The molecule has 1 rings (SSSR count). The summed E-state index contributed by atoms with van der Waals surface area (Å²) in [5.41, 5.74) is 5.21.